The van der Waals surface area contributed by atoms with Crippen LogP contribution in [0.25, 0.3) is 0 Å². The molecule has 4 nitrogen and oxygen atoms in total. The summed E-state index contributed by atoms with van der Waals surface area (Å²) in [7, 11) is 1.53. The zero-order valence-electron chi connectivity index (χ0n) is 10.4. The second-order valence-electron chi connectivity index (χ2n) is 4.60. The minimum Gasteiger partial charge on any atom is -0.479 e. The Morgan fingerprint density at radius 2 is 2.16 bits per heavy atom. The van der Waals surface area contributed by atoms with E-state index in [2.05, 4.69) is 5.10 Å². The molecule has 1 aliphatic carbocycles. The highest BCUT2D eigenvalue weighted by molar-refractivity contribution is 5.82. The molecule has 0 spiro atoms. The fourth-order valence-corrected chi connectivity index (χ4v) is 2.07. The molecule has 0 amide bonds. The highest BCUT2D eigenvalue weighted by Gasteiger charge is 2.48. The van der Waals surface area contributed by atoms with Crippen molar-refractivity contribution in [2.45, 2.75) is 24.8 Å². The van der Waals surface area contributed by atoms with E-state index in [9.17, 15) is 18.7 Å². The molecule has 0 saturated heterocycles. The number of benzene rings is 1. The third-order valence-corrected chi connectivity index (χ3v) is 3.55. The quantitative estimate of drug-likeness (QED) is 0.673. The van der Waals surface area contributed by atoms with Crippen molar-refractivity contribution < 1.29 is 18.7 Å². The van der Waals surface area contributed by atoms with E-state index in [1.807, 2.05) is 0 Å². The number of carboxylic acid groups (broad SMARTS) is 1. The van der Waals surface area contributed by atoms with Crippen molar-refractivity contribution in [1.29, 1.82) is 0 Å². The Bertz CT molecular complexity index is 527. The number of rotatable bonds is 4. The number of hydrogen-bond donors (Lipinski definition) is 1. The van der Waals surface area contributed by atoms with E-state index in [0.717, 1.165) is 18.7 Å². The van der Waals surface area contributed by atoms with Gasteiger partial charge in [0.15, 0.2) is 17.2 Å². The standard InChI is InChI=1S/C13H14F2N2O2/c1-17(13(12(18)19)6-3-7-13)16-8-9-4-2-5-10(14)11(9)15/h2,4-5,8H,3,6-7H2,1H3,(H,18,19). The smallest absolute Gasteiger partial charge is 0.331 e. The van der Waals surface area contributed by atoms with Crippen LogP contribution in [0.1, 0.15) is 24.8 Å². The van der Waals surface area contributed by atoms with Gasteiger partial charge in [-0.05, 0) is 25.3 Å². The molecule has 6 heteroatoms. The molecule has 1 fully saturated rings. The van der Waals surface area contributed by atoms with Gasteiger partial charge in [-0.2, -0.15) is 5.10 Å². The molecule has 0 aliphatic heterocycles. The average Bonchev–Trinajstić information content (AvgIpc) is 2.29. The lowest BCUT2D eigenvalue weighted by Gasteiger charge is -2.43. The Labute approximate surface area is 109 Å². The van der Waals surface area contributed by atoms with Crippen molar-refractivity contribution in [2.24, 2.45) is 5.10 Å². The first-order valence-corrected chi connectivity index (χ1v) is 5.92. The number of likely N-dealkylation sites (N-methyl/N-ethyl adjacent to an activating group) is 1. The van der Waals surface area contributed by atoms with Gasteiger partial charge in [-0.25, -0.2) is 13.6 Å². The van der Waals surface area contributed by atoms with Crippen molar-refractivity contribution in [1.82, 2.24) is 5.01 Å². The molecule has 19 heavy (non-hydrogen) atoms. The third kappa shape index (κ3) is 2.30. The number of halogens is 2. The Morgan fingerprint density at radius 3 is 2.68 bits per heavy atom. The van der Waals surface area contributed by atoms with E-state index in [1.54, 1.807) is 0 Å². The van der Waals surface area contributed by atoms with Crippen LogP contribution < -0.4 is 0 Å². The second-order valence-corrected chi connectivity index (χ2v) is 4.60. The first-order valence-electron chi connectivity index (χ1n) is 5.92. The number of aliphatic carboxylic acids is 1. The number of nitrogens with zero attached hydrogens (tertiary/aromatic N) is 2. The van der Waals surface area contributed by atoms with E-state index < -0.39 is 23.1 Å². The molecule has 0 bridgehead atoms. The van der Waals surface area contributed by atoms with Gasteiger partial charge in [-0.1, -0.05) is 12.1 Å². The molecule has 1 saturated carbocycles. The second kappa shape index (κ2) is 4.95. The highest BCUT2D eigenvalue weighted by atomic mass is 19.2. The van der Waals surface area contributed by atoms with Gasteiger partial charge in [-0.15, -0.1) is 0 Å². The molecule has 1 aliphatic rings. The van der Waals surface area contributed by atoms with Crippen molar-refractivity contribution in [3.05, 3.63) is 35.4 Å². The molecule has 1 aromatic carbocycles. The maximum absolute atomic E-state index is 13.4. The fourth-order valence-electron chi connectivity index (χ4n) is 2.07. The molecule has 0 radical (unpaired) electrons. The normalized spacial score (nSPS) is 17.2. The summed E-state index contributed by atoms with van der Waals surface area (Å²) in [5.41, 5.74) is -1.02. The zero-order chi connectivity index (χ0) is 14.0. The van der Waals surface area contributed by atoms with Gasteiger partial charge in [0.25, 0.3) is 0 Å². The van der Waals surface area contributed by atoms with Crippen molar-refractivity contribution >= 4 is 12.2 Å². The molecule has 0 unspecified atom stereocenters. The van der Waals surface area contributed by atoms with Crippen LogP contribution in [0.15, 0.2) is 23.3 Å². The van der Waals surface area contributed by atoms with Crippen molar-refractivity contribution in [3.8, 4) is 0 Å². The minimum atomic E-state index is -1.01. The number of carboxylic acids is 1. The van der Waals surface area contributed by atoms with Crippen LogP contribution in [0, 0.1) is 11.6 Å². The summed E-state index contributed by atoms with van der Waals surface area (Å²) >= 11 is 0. The van der Waals surface area contributed by atoms with Crippen molar-refractivity contribution in [2.75, 3.05) is 7.05 Å². The maximum atomic E-state index is 13.4. The summed E-state index contributed by atoms with van der Waals surface area (Å²) in [5, 5.41) is 14.4. The zero-order valence-corrected chi connectivity index (χ0v) is 10.4. The average molecular weight is 268 g/mol. The molecule has 1 aromatic rings. The van der Waals surface area contributed by atoms with Crippen LogP contribution >= 0.6 is 0 Å². The van der Waals surface area contributed by atoms with Crippen LogP contribution in [0.2, 0.25) is 0 Å². The molecule has 0 aromatic heterocycles. The molecule has 102 valence electrons. The largest absolute Gasteiger partial charge is 0.479 e. The van der Waals surface area contributed by atoms with Crippen LogP contribution in [0.5, 0.6) is 0 Å². The maximum Gasteiger partial charge on any atom is 0.331 e. The molecule has 1 N–H and O–H groups in total. The highest BCUT2D eigenvalue weighted by Crippen LogP contribution is 2.37. The van der Waals surface area contributed by atoms with Crippen LogP contribution in [-0.2, 0) is 4.79 Å². The summed E-state index contributed by atoms with van der Waals surface area (Å²) in [5.74, 6) is -2.89. The van der Waals surface area contributed by atoms with Gasteiger partial charge in [0.1, 0.15) is 0 Å². The lowest BCUT2D eigenvalue weighted by Crippen LogP contribution is -2.55. The Morgan fingerprint density at radius 1 is 1.47 bits per heavy atom. The number of hydrazone groups is 1. The van der Waals surface area contributed by atoms with E-state index in [0.29, 0.717) is 12.8 Å². The van der Waals surface area contributed by atoms with Gasteiger partial charge in [0.2, 0.25) is 0 Å². The summed E-state index contributed by atoms with van der Waals surface area (Å²) in [6, 6.07) is 3.76. The number of hydrogen-bond acceptors (Lipinski definition) is 3. The van der Waals surface area contributed by atoms with Crippen LogP contribution in [0.3, 0.4) is 0 Å². The Balaban J connectivity index is 2.18. The van der Waals surface area contributed by atoms with Crippen molar-refractivity contribution in [3.63, 3.8) is 0 Å². The molecule has 2 rings (SSSR count). The summed E-state index contributed by atoms with van der Waals surface area (Å²) < 4.78 is 26.4. The molecule has 0 atom stereocenters. The van der Waals surface area contributed by atoms with Gasteiger partial charge in [0, 0.05) is 12.6 Å². The summed E-state index contributed by atoms with van der Waals surface area (Å²) in [6.07, 6.45) is 2.96. The molecule has 0 heterocycles. The van der Waals surface area contributed by atoms with Crippen LogP contribution in [-0.4, -0.2) is 34.9 Å². The van der Waals surface area contributed by atoms with Gasteiger partial charge < -0.3 is 5.11 Å². The van der Waals surface area contributed by atoms with Crippen LogP contribution in [0.4, 0.5) is 8.78 Å². The van der Waals surface area contributed by atoms with E-state index in [-0.39, 0.29) is 5.56 Å². The SMILES string of the molecule is CN(N=Cc1cccc(F)c1F)C1(C(=O)O)CCC1. The lowest BCUT2D eigenvalue weighted by molar-refractivity contribution is -0.156. The predicted octanol–water partition coefficient (Wildman–Crippen LogP) is 2.24. The topological polar surface area (TPSA) is 52.9 Å². The van der Waals surface area contributed by atoms with E-state index in [4.69, 9.17) is 0 Å². The van der Waals surface area contributed by atoms with Gasteiger partial charge in [-0.3, -0.25) is 5.01 Å². The minimum absolute atomic E-state index is 0.00767. The number of carbonyl (C=O) groups is 1. The van der Waals surface area contributed by atoms with Gasteiger partial charge >= 0.3 is 5.97 Å². The molecular weight excluding hydrogens is 254 g/mol. The first kappa shape index (κ1) is 13.5. The Kier molecular flexibility index (Phi) is 3.50. The summed E-state index contributed by atoms with van der Waals surface area (Å²) in [6.45, 7) is 0. The third-order valence-electron chi connectivity index (χ3n) is 3.55. The summed E-state index contributed by atoms with van der Waals surface area (Å²) in [4.78, 5) is 11.2. The van der Waals surface area contributed by atoms with E-state index >= 15 is 0 Å². The fraction of sp³-hybridized carbons (Fsp3) is 0.385. The Hall–Kier alpha value is -1.98. The van der Waals surface area contributed by atoms with E-state index in [1.165, 1.54) is 24.2 Å². The van der Waals surface area contributed by atoms with Gasteiger partial charge in [0.05, 0.1) is 6.21 Å². The molecular formula is C13H14F2N2O2. The monoisotopic (exact) mass is 268 g/mol. The predicted molar refractivity (Wildman–Crippen MR) is 65.9 cm³/mol. The lowest BCUT2D eigenvalue weighted by atomic mass is 9.76. The first-order chi connectivity index (χ1) is 8.97.